The molecule has 146 valence electrons. The monoisotopic (exact) mass is 366 g/mol. The van der Waals surface area contributed by atoms with Crippen molar-refractivity contribution in [2.75, 3.05) is 0 Å². The van der Waals surface area contributed by atoms with E-state index >= 15 is 0 Å². The average Bonchev–Trinajstić information content (AvgIpc) is 3.15. The lowest BCUT2D eigenvalue weighted by Gasteiger charge is -2.29. The molecule has 7 atom stereocenters. The fourth-order valence-electron chi connectivity index (χ4n) is 4.18. The maximum atomic E-state index is 12.0. The van der Waals surface area contributed by atoms with Crippen molar-refractivity contribution in [3.8, 4) is 0 Å². The van der Waals surface area contributed by atoms with Crippen molar-refractivity contribution in [1.82, 2.24) is 0 Å². The lowest BCUT2D eigenvalue weighted by Crippen LogP contribution is -2.37. The predicted octanol–water partition coefficient (Wildman–Crippen LogP) is 3.01. The molecule has 2 N–H and O–H groups in total. The maximum absolute atomic E-state index is 12.0. The summed E-state index contributed by atoms with van der Waals surface area (Å²) in [5.41, 5.74) is -0.640. The minimum absolute atomic E-state index is 0.0161. The summed E-state index contributed by atoms with van der Waals surface area (Å²) >= 11 is 0. The van der Waals surface area contributed by atoms with E-state index in [1.165, 1.54) is 0 Å². The largest absolute Gasteiger partial charge is 0.456 e. The van der Waals surface area contributed by atoms with Crippen molar-refractivity contribution >= 4 is 5.97 Å². The molecule has 0 aromatic rings. The van der Waals surface area contributed by atoms with Crippen molar-refractivity contribution in [2.45, 2.75) is 82.4 Å². The Morgan fingerprint density at radius 1 is 1.38 bits per heavy atom. The summed E-state index contributed by atoms with van der Waals surface area (Å²) in [6.45, 7) is 9.70. The number of rotatable bonds is 1. The van der Waals surface area contributed by atoms with Crippen LogP contribution in [0, 0.1) is 11.8 Å². The van der Waals surface area contributed by atoms with Crippen LogP contribution in [0.1, 0.15) is 52.9 Å². The van der Waals surface area contributed by atoms with Gasteiger partial charge in [0, 0.05) is 11.5 Å². The molecule has 0 spiro atoms. The zero-order valence-corrected chi connectivity index (χ0v) is 15.8. The lowest BCUT2D eigenvalue weighted by molar-refractivity contribution is -0.304. The fraction of sp³-hybridized carbons (Fsp3) is 0.750. The molecule has 3 aliphatic rings. The van der Waals surface area contributed by atoms with Gasteiger partial charge in [-0.3, -0.25) is 5.26 Å². The van der Waals surface area contributed by atoms with Gasteiger partial charge in [0.2, 0.25) is 0 Å². The second-order valence-corrected chi connectivity index (χ2v) is 8.53. The minimum atomic E-state index is -0.758. The molecule has 6 heteroatoms. The Morgan fingerprint density at radius 2 is 2.12 bits per heavy atom. The minimum Gasteiger partial charge on any atom is -0.456 e. The van der Waals surface area contributed by atoms with E-state index in [1.807, 2.05) is 32.9 Å². The number of carbonyl (C=O) groups is 1. The first-order valence-electron chi connectivity index (χ1n) is 9.45. The number of ether oxygens (including phenoxy) is 2. The summed E-state index contributed by atoms with van der Waals surface area (Å²) in [5, 5.41) is 20.1. The molecule has 0 unspecified atom stereocenters. The first-order valence-corrected chi connectivity index (χ1v) is 9.45. The smallest absolute Gasteiger partial charge is 0.334 e. The third-order valence-corrected chi connectivity index (χ3v) is 6.31. The molecule has 1 aliphatic carbocycles. The van der Waals surface area contributed by atoms with E-state index in [9.17, 15) is 15.2 Å². The van der Waals surface area contributed by atoms with Crippen LogP contribution < -0.4 is 0 Å². The standard InChI is InChI=1S/C20H30O6/c1-12-7-5-8-19(3,26-23)9-6-10-20(4)15(25-20)11-14-13(2)18(22)24-17(14)16(12)21/h6,9,12,14-17,21,23H,2,5,7-8,10-11H2,1,3-4H3/b9-6+/t12-,14-,15+,16+,17+,19-,20+/m0/s1. The molecule has 0 bridgehead atoms. The summed E-state index contributed by atoms with van der Waals surface area (Å²) < 4.78 is 11.4. The number of esters is 1. The van der Waals surface area contributed by atoms with E-state index < -0.39 is 23.8 Å². The highest BCUT2D eigenvalue weighted by Gasteiger charge is 2.55. The number of aliphatic hydroxyl groups excluding tert-OH is 1. The van der Waals surface area contributed by atoms with Crippen LogP contribution in [0.4, 0.5) is 0 Å². The summed E-state index contributed by atoms with van der Waals surface area (Å²) in [5.74, 6) is -0.689. The molecule has 0 aromatic heterocycles. The van der Waals surface area contributed by atoms with Gasteiger partial charge in [-0.1, -0.05) is 25.7 Å². The van der Waals surface area contributed by atoms with Gasteiger partial charge in [0.05, 0.1) is 17.8 Å². The van der Waals surface area contributed by atoms with Crippen molar-refractivity contribution in [3.63, 3.8) is 0 Å². The molecule has 6 nitrogen and oxygen atoms in total. The third-order valence-electron chi connectivity index (χ3n) is 6.31. The number of hydrogen-bond acceptors (Lipinski definition) is 6. The summed E-state index contributed by atoms with van der Waals surface area (Å²) in [6.07, 6.45) is 5.95. The quantitative estimate of drug-likeness (QED) is 0.185. The Kier molecular flexibility index (Phi) is 5.32. The van der Waals surface area contributed by atoms with Crippen LogP contribution in [0.25, 0.3) is 0 Å². The van der Waals surface area contributed by atoms with Gasteiger partial charge >= 0.3 is 5.97 Å². The number of aliphatic hydroxyl groups is 1. The summed E-state index contributed by atoms with van der Waals surface area (Å²) in [7, 11) is 0. The van der Waals surface area contributed by atoms with Gasteiger partial charge in [-0.05, 0) is 51.9 Å². The van der Waals surface area contributed by atoms with Crippen molar-refractivity contribution < 1.29 is 29.5 Å². The average molecular weight is 366 g/mol. The van der Waals surface area contributed by atoms with Crippen molar-refractivity contribution in [3.05, 3.63) is 24.3 Å². The molecular weight excluding hydrogens is 336 g/mol. The Balaban J connectivity index is 1.82. The van der Waals surface area contributed by atoms with Gasteiger partial charge in [-0.2, -0.15) is 0 Å². The molecule has 26 heavy (non-hydrogen) atoms. The molecule has 2 aliphatic heterocycles. The van der Waals surface area contributed by atoms with Gasteiger partial charge in [0.1, 0.15) is 11.7 Å². The van der Waals surface area contributed by atoms with Crippen LogP contribution in [-0.4, -0.2) is 45.8 Å². The highest BCUT2D eigenvalue weighted by Crippen LogP contribution is 2.47. The Bertz CT molecular complexity index is 601. The lowest BCUT2D eigenvalue weighted by atomic mass is 9.81. The van der Waals surface area contributed by atoms with Crippen LogP contribution in [0.5, 0.6) is 0 Å². The van der Waals surface area contributed by atoms with Gasteiger partial charge in [0.15, 0.2) is 0 Å². The van der Waals surface area contributed by atoms with E-state index in [0.717, 1.165) is 12.8 Å². The van der Waals surface area contributed by atoms with Crippen LogP contribution in [0.15, 0.2) is 24.3 Å². The molecule has 3 rings (SSSR count). The number of epoxide rings is 1. The third kappa shape index (κ3) is 3.74. The number of carbonyl (C=O) groups excluding carboxylic acids is 1. The molecule has 0 amide bonds. The van der Waals surface area contributed by atoms with Gasteiger partial charge in [-0.15, -0.1) is 0 Å². The zero-order valence-electron chi connectivity index (χ0n) is 15.8. The van der Waals surface area contributed by atoms with Gasteiger partial charge < -0.3 is 14.6 Å². The Morgan fingerprint density at radius 3 is 2.81 bits per heavy atom. The van der Waals surface area contributed by atoms with E-state index in [2.05, 4.69) is 6.58 Å². The Hall–Kier alpha value is -1.21. The SMILES string of the molecule is C=C1C(=O)O[C@H]2[C@H](O)[C@@H](C)CCC[C@](C)(OO)/C=C/C[C@@]3(C)O[C@@H]3C[C@@H]12. The normalized spacial score (nSPS) is 48.1. The summed E-state index contributed by atoms with van der Waals surface area (Å²) in [4.78, 5) is 16.7. The number of hydrogen-bond donors (Lipinski definition) is 2. The molecule has 0 aromatic carbocycles. The predicted molar refractivity (Wildman–Crippen MR) is 95.3 cm³/mol. The van der Waals surface area contributed by atoms with Crippen molar-refractivity contribution in [1.29, 1.82) is 0 Å². The molecule has 2 saturated heterocycles. The molecular formula is C20H30O6. The van der Waals surface area contributed by atoms with E-state index in [1.54, 1.807) is 0 Å². The number of fused-ring (bicyclic) bond motifs is 2. The van der Waals surface area contributed by atoms with Crippen molar-refractivity contribution in [2.24, 2.45) is 11.8 Å². The van der Waals surface area contributed by atoms with Gasteiger partial charge in [0.25, 0.3) is 0 Å². The van der Waals surface area contributed by atoms with Crippen LogP contribution in [0.2, 0.25) is 0 Å². The first-order chi connectivity index (χ1) is 12.2. The van der Waals surface area contributed by atoms with Crippen LogP contribution in [0.3, 0.4) is 0 Å². The topological polar surface area (TPSA) is 88.5 Å². The van der Waals surface area contributed by atoms with Crippen LogP contribution >= 0.6 is 0 Å². The second-order valence-electron chi connectivity index (χ2n) is 8.53. The van der Waals surface area contributed by atoms with Gasteiger partial charge in [-0.25, -0.2) is 9.68 Å². The fourth-order valence-corrected chi connectivity index (χ4v) is 4.18. The summed E-state index contributed by atoms with van der Waals surface area (Å²) in [6, 6.07) is 0. The van der Waals surface area contributed by atoms with E-state index in [-0.39, 0.29) is 23.5 Å². The molecule has 2 heterocycles. The first kappa shape index (κ1) is 19.5. The van der Waals surface area contributed by atoms with E-state index in [0.29, 0.717) is 24.8 Å². The molecule has 0 radical (unpaired) electrons. The second kappa shape index (κ2) is 7.08. The van der Waals surface area contributed by atoms with E-state index in [4.69, 9.17) is 14.4 Å². The maximum Gasteiger partial charge on any atom is 0.334 e. The highest BCUT2D eigenvalue weighted by molar-refractivity contribution is 5.90. The molecule has 2 fully saturated rings. The zero-order chi connectivity index (χ0) is 19.1. The Labute approximate surface area is 154 Å². The molecule has 0 saturated carbocycles. The van der Waals surface area contributed by atoms with Crippen LogP contribution in [-0.2, 0) is 19.2 Å². The highest BCUT2D eigenvalue weighted by atomic mass is 17.1.